The third kappa shape index (κ3) is 3.53. The maximum atomic E-state index is 12.7. The Balaban J connectivity index is 1.64. The van der Waals surface area contributed by atoms with Gasteiger partial charge in [0.2, 0.25) is 0 Å². The number of rotatable bonds is 2. The summed E-state index contributed by atoms with van der Waals surface area (Å²) in [6, 6.07) is 1.94. The fourth-order valence-corrected chi connectivity index (χ4v) is 3.89. The summed E-state index contributed by atoms with van der Waals surface area (Å²) >= 11 is 6.29. The van der Waals surface area contributed by atoms with Gasteiger partial charge in [0, 0.05) is 31.1 Å². The molecule has 2 unspecified atom stereocenters. The van der Waals surface area contributed by atoms with E-state index in [0.29, 0.717) is 36.9 Å². The number of hydrogen-bond acceptors (Lipinski definition) is 5. The highest BCUT2D eigenvalue weighted by molar-refractivity contribution is 6.33. The zero-order valence-electron chi connectivity index (χ0n) is 14.1. The van der Waals surface area contributed by atoms with Crippen molar-refractivity contribution in [2.45, 2.75) is 12.6 Å². The monoisotopic (exact) mass is 400 g/mol. The standard InChI is InChI=1S/C17H16ClF3N4O2/c18-15-13(24-6-10-3-11(7-24)9-27-8-10)5-23-25(16(15)26)14-2-1-12(4-22-14)17(19,20)21/h1-2,4-5,10-11H,3,6-9H2. The van der Waals surface area contributed by atoms with Gasteiger partial charge < -0.3 is 9.64 Å². The molecular formula is C17H16ClF3N4O2. The van der Waals surface area contributed by atoms with E-state index in [4.69, 9.17) is 16.3 Å². The predicted molar refractivity (Wildman–Crippen MR) is 92.3 cm³/mol. The molecule has 4 heterocycles. The molecule has 2 aromatic rings. The topological polar surface area (TPSA) is 60.3 Å². The Hall–Kier alpha value is -2.13. The van der Waals surface area contributed by atoms with Gasteiger partial charge >= 0.3 is 6.18 Å². The second-order valence-corrected chi connectivity index (χ2v) is 7.25. The lowest BCUT2D eigenvalue weighted by Gasteiger charge is -2.42. The predicted octanol–water partition coefficient (Wildman–Crippen LogP) is 2.77. The van der Waals surface area contributed by atoms with Crippen LogP contribution in [0.4, 0.5) is 18.9 Å². The van der Waals surface area contributed by atoms with Crippen LogP contribution in [-0.2, 0) is 10.9 Å². The largest absolute Gasteiger partial charge is 0.417 e. The van der Waals surface area contributed by atoms with Crippen molar-refractivity contribution < 1.29 is 17.9 Å². The lowest BCUT2D eigenvalue weighted by atomic mass is 9.88. The molecule has 4 rings (SSSR count). The van der Waals surface area contributed by atoms with Gasteiger partial charge in [-0.1, -0.05) is 11.6 Å². The minimum atomic E-state index is -4.50. The molecule has 2 aliphatic heterocycles. The molecule has 2 aliphatic rings. The first-order chi connectivity index (χ1) is 12.8. The first kappa shape index (κ1) is 18.2. The van der Waals surface area contributed by atoms with E-state index in [1.807, 2.05) is 4.90 Å². The minimum absolute atomic E-state index is 0.0208. The van der Waals surface area contributed by atoms with Gasteiger partial charge in [0.25, 0.3) is 5.56 Å². The molecule has 10 heteroatoms. The number of alkyl halides is 3. The Morgan fingerprint density at radius 2 is 1.85 bits per heavy atom. The molecule has 2 aromatic heterocycles. The summed E-state index contributed by atoms with van der Waals surface area (Å²) in [5.41, 5.74) is -0.987. The van der Waals surface area contributed by atoms with Gasteiger partial charge in [-0.25, -0.2) is 4.98 Å². The van der Waals surface area contributed by atoms with Crippen molar-refractivity contribution in [3.05, 3.63) is 45.5 Å². The summed E-state index contributed by atoms with van der Waals surface area (Å²) in [6.07, 6.45) is -1.28. The van der Waals surface area contributed by atoms with E-state index in [2.05, 4.69) is 10.1 Å². The molecule has 0 saturated carbocycles. The second-order valence-electron chi connectivity index (χ2n) is 6.87. The minimum Gasteiger partial charge on any atom is -0.381 e. The van der Waals surface area contributed by atoms with E-state index in [0.717, 1.165) is 36.3 Å². The molecule has 2 saturated heterocycles. The molecule has 0 N–H and O–H groups in total. The Morgan fingerprint density at radius 3 is 2.44 bits per heavy atom. The summed E-state index contributed by atoms with van der Waals surface area (Å²) in [5.74, 6) is 0.741. The van der Waals surface area contributed by atoms with Crippen LogP contribution in [0, 0.1) is 11.8 Å². The van der Waals surface area contributed by atoms with Gasteiger partial charge in [0.05, 0.1) is 30.7 Å². The number of ether oxygens (including phenoxy) is 1. The normalized spacial score (nSPS) is 22.7. The maximum Gasteiger partial charge on any atom is 0.417 e. The zero-order valence-corrected chi connectivity index (χ0v) is 14.9. The molecule has 0 aliphatic carbocycles. The Bertz CT molecular complexity index is 889. The number of fused-ring (bicyclic) bond motifs is 2. The Morgan fingerprint density at radius 1 is 1.15 bits per heavy atom. The average molecular weight is 401 g/mol. The molecular weight excluding hydrogens is 385 g/mol. The number of hydrogen-bond donors (Lipinski definition) is 0. The molecule has 2 fully saturated rings. The van der Waals surface area contributed by atoms with Gasteiger partial charge in [-0.2, -0.15) is 23.0 Å². The molecule has 27 heavy (non-hydrogen) atoms. The fraction of sp³-hybridized carbons (Fsp3) is 0.471. The van der Waals surface area contributed by atoms with Crippen molar-refractivity contribution in [3.8, 4) is 5.82 Å². The Labute approximate surface area is 157 Å². The van der Waals surface area contributed by atoms with E-state index < -0.39 is 17.3 Å². The van der Waals surface area contributed by atoms with Crippen LogP contribution in [-0.4, -0.2) is 41.1 Å². The van der Waals surface area contributed by atoms with Crippen molar-refractivity contribution >= 4 is 17.3 Å². The number of pyridine rings is 1. The van der Waals surface area contributed by atoms with Crippen molar-refractivity contribution in [1.29, 1.82) is 0 Å². The highest BCUT2D eigenvalue weighted by Crippen LogP contribution is 2.32. The second kappa shape index (κ2) is 6.79. The van der Waals surface area contributed by atoms with Crippen LogP contribution < -0.4 is 10.5 Å². The molecule has 0 aromatic carbocycles. The third-order valence-electron chi connectivity index (χ3n) is 4.86. The molecule has 0 amide bonds. The van der Waals surface area contributed by atoms with Gasteiger partial charge in [-0.3, -0.25) is 4.79 Å². The van der Waals surface area contributed by atoms with Gasteiger partial charge in [0.15, 0.2) is 5.82 Å². The number of anilines is 1. The van der Waals surface area contributed by atoms with Crippen molar-refractivity contribution in [3.63, 3.8) is 0 Å². The molecule has 6 nitrogen and oxygen atoms in total. The van der Waals surface area contributed by atoms with Crippen LogP contribution in [0.25, 0.3) is 5.82 Å². The smallest absolute Gasteiger partial charge is 0.381 e. The van der Waals surface area contributed by atoms with Crippen LogP contribution in [0.5, 0.6) is 0 Å². The van der Waals surface area contributed by atoms with E-state index in [1.54, 1.807) is 0 Å². The van der Waals surface area contributed by atoms with E-state index in [1.165, 1.54) is 6.20 Å². The summed E-state index contributed by atoms with van der Waals surface area (Å²) < 4.78 is 44.4. The number of halogens is 4. The van der Waals surface area contributed by atoms with Crippen molar-refractivity contribution in [2.75, 3.05) is 31.2 Å². The van der Waals surface area contributed by atoms with E-state index in [-0.39, 0.29) is 10.8 Å². The molecule has 144 valence electrons. The summed E-state index contributed by atoms with van der Waals surface area (Å²) in [7, 11) is 0. The van der Waals surface area contributed by atoms with Gasteiger partial charge in [-0.05, 0) is 18.6 Å². The lowest BCUT2D eigenvalue weighted by Crippen LogP contribution is -2.47. The summed E-state index contributed by atoms with van der Waals surface area (Å²) in [5, 5.41) is 4.05. The average Bonchev–Trinajstić information content (AvgIpc) is 2.63. The van der Waals surface area contributed by atoms with E-state index in [9.17, 15) is 18.0 Å². The maximum absolute atomic E-state index is 12.7. The van der Waals surface area contributed by atoms with Crippen molar-refractivity contribution in [2.24, 2.45) is 11.8 Å². The summed E-state index contributed by atoms with van der Waals surface area (Å²) in [6.45, 7) is 2.81. The first-order valence-corrected chi connectivity index (χ1v) is 8.85. The van der Waals surface area contributed by atoms with Crippen LogP contribution in [0.15, 0.2) is 29.3 Å². The molecule has 0 radical (unpaired) electrons. The van der Waals surface area contributed by atoms with Crippen LogP contribution in [0.1, 0.15) is 12.0 Å². The van der Waals surface area contributed by atoms with Gasteiger partial charge in [0.1, 0.15) is 5.02 Å². The third-order valence-corrected chi connectivity index (χ3v) is 5.22. The SMILES string of the molecule is O=c1c(Cl)c(N2CC3COCC(C3)C2)cnn1-c1ccc(C(F)(F)F)cn1. The van der Waals surface area contributed by atoms with Crippen molar-refractivity contribution in [1.82, 2.24) is 14.8 Å². The van der Waals surface area contributed by atoms with Gasteiger partial charge in [-0.15, -0.1) is 0 Å². The zero-order chi connectivity index (χ0) is 19.2. The van der Waals surface area contributed by atoms with Crippen LogP contribution in [0.2, 0.25) is 5.02 Å². The fourth-order valence-electron chi connectivity index (χ4n) is 3.64. The first-order valence-electron chi connectivity index (χ1n) is 8.47. The number of nitrogens with zero attached hydrogens (tertiary/aromatic N) is 4. The Kier molecular flexibility index (Phi) is 4.59. The molecule has 2 atom stereocenters. The van der Waals surface area contributed by atoms with Crippen LogP contribution in [0.3, 0.4) is 0 Å². The highest BCUT2D eigenvalue weighted by Gasteiger charge is 2.33. The van der Waals surface area contributed by atoms with E-state index >= 15 is 0 Å². The quantitative estimate of drug-likeness (QED) is 0.775. The summed E-state index contributed by atoms with van der Waals surface area (Å²) in [4.78, 5) is 18.3. The number of piperidine rings is 1. The highest BCUT2D eigenvalue weighted by atomic mass is 35.5. The molecule has 2 bridgehead atoms. The molecule has 0 spiro atoms. The van der Waals surface area contributed by atoms with Crippen LogP contribution >= 0.6 is 11.6 Å². The number of aromatic nitrogens is 3. The lowest BCUT2D eigenvalue weighted by molar-refractivity contribution is -0.137.